The number of fused-ring (bicyclic) bond motifs is 1. The lowest BCUT2D eigenvalue weighted by molar-refractivity contribution is 0.601. The van der Waals surface area contributed by atoms with Crippen LogP contribution < -0.4 is 4.72 Å². The number of hydrogen-bond acceptors (Lipinski definition) is 3. The second kappa shape index (κ2) is 5.76. The molecule has 2 aromatic carbocycles. The maximum absolute atomic E-state index is 12.5. The molecule has 22 heavy (non-hydrogen) atoms. The molecule has 1 heterocycles. The second-order valence-electron chi connectivity index (χ2n) is 4.59. The fraction of sp³-hybridized carbons (Fsp3) is 0. The third-order valence-corrected chi connectivity index (χ3v) is 4.81. The fourth-order valence-corrected chi connectivity index (χ4v) is 3.83. The van der Waals surface area contributed by atoms with Gasteiger partial charge in [-0.25, -0.2) is 13.4 Å². The molecule has 0 saturated carbocycles. The molecule has 0 radical (unpaired) electrons. The lowest BCUT2D eigenvalue weighted by atomic mass is 10.2. The number of benzene rings is 2. The Labute approximate surface area is 137 Å². The summed E-state index contributed by atoms with van der Waals surface area (Å²) in [7, 11) is -3.83. The molecule has 1 N–H and O–H groups in total. The highest BCUT2D eigenvalue weighted by Crippen LogP contribution is 2.26. The van der Waals surface area contributed by atoms with Crippen molar-refractivity contribution in [1.29, 1.82) is 0 Å². The molecule has 0 atom stereocenters. The predicted molar refractivity (Wildman–Crippen MR) is 89.0 cm³/mol. The second-order valence-corrected chi connectivity index (χ2v) is 7.15. The van der Waals surface area contributed by atoms with Gasteiger partial charge in [0, 0.05) is 21.6 Å². The summed E-state index contributed by atoms with van der Waals surface area (Å²) in [5.41, 5.74) is 0. The van der Waals surface area contributed by atoms with Crippen LogP contribution >= 0.6 is 23.2 Å². The smallest absolute Gasteiger partial charge is 0.263 e. The number of nitrogens with one attached hydrogen (secondary N) is 1. The molecule has 3 rings (SSSR count). The van der Waals surface area contributed by atoms with Crippen LogP contribution in [0.4, 0.5) is 5.82 Å². The molecule has 0 saturated heterocycles. The molecule has 0 fully saturated rings. The van der Waals surface area contributed by atoms with E-state index in [1.807, 2.05) is 24.3 Å². The van der Waals surface area contributed by atoms with Crippen LogP contribution in [0.5, 0.6) is 0 Å². The summed E-state index contributed by atoms with van der Waals surface area (Å²) >= 11 is 11.7. The summed E-state index contributed by atoms with van der Waals surface area (Å²) in [6.07, 6.45) is 1.55. The highest BCUT2D eigenvalue weighted by atomic mass is 35.5. The van der Waals surface area contributed by atoms with Crippen molar-refractivity contribution in [2.24, 2.45) is 0 Å². The number of nitrogens with zero attached hydrogens (tertiary/aromatic N) is 1. The Hall–Kier alpha value is -1.82. The SMILES string of the molecule is O=S(=O)(Nc1nccc2ccccc12)c1cc(Cl)cc(Cl)c1. The normalized spacial score (nSPS) is 11.5. The molecule has 7 heteroatoms. The summed E-state index contributed by atoms with van der Waals surface area (Å²) in [6, 6.07) is 13.3. The van der Waals surface area contributed by atoms with Crippen molar-refractivity contribution in [3.8, 4) is 0 Å². The van der Waals surface area contributed by atoms with Crippen molar-refractivity contribution < 1.29 is 8.42 Å². The third kappa shape index (κ3) is 3.02. The van der Waals surface area contributed by atoms with Gasteiger partial charge in [-0.2, -0.15) is 0 Å². The van der Waals surface area contributed by atoms with E-state index in [0.717, 1.165) is 5.39 Å². The minimum absolute atomic E-state index is 0.0141. The number of anilines is 1. The molecule has 4 nitrogen and oxygen atoms in total. The van der Waals surface area contributed by atoms with E-state index in [9.17, 15) is 8.42 Å². The monoisotopic (exact) mass is 352 g/mol. The molecule has 112 valence electrons. The zero-order valence-electron chi connectivity index (χ0n) is 11.1. The average molecular weight is 353 g/mol. The average Bonchev–Trinajstić information content (AvgIpc) is 2.46. The van der Waals surface area contributed by atoms with Crippen LogP contribution in [0.3, 0.4) is 0 Å². The number of aromatic nitrogens is 1. The highest BCUT2D eigenvalue weighted by Gasteiger charge is 2.17. The lowest BCUT2D eigenvalue weighted by Gasteiger charge is -2.10. The third-order valence-electron chi connectivity index (χ3n) is 3.05. The number of hydrogen-bond donors (Lipinski definition) is 1. The van der Waals surface area contributed by atoms with Gasteiger partial charge in [0.2, 0.25) is 0 Å². The summed E-state index contributed by atoms with van der Waals surface area (Å²) in [4.78, 5) is 4.09. The van der Waals surface area contributed by atoms with Crippen molar-refractivity contribution in [2.75, 3.05) is 4.72 Å². The number of halogens is 2. The highest BCUT2D eigenvalue weighted by molar-refractivity contribution is 7.92. The minimum atomic E-state index is -3.83. The molecule has 0 aliphatic rings. The van der Waals surface area contributed by atoms with Crippen LogP contribution in [0, 0.1) is 0 Å². The van der Waals surface area contributed by atoms with Crippen molar-refractivity contribution in [3.63, 3.8) is 0 Å². The van der Waals surface area contributed by atoms with Crippen molar-refractivity contribution in [3.05, 3.63) is 64.8 Å². The van der Waals surface area contributed by atoms with E-state index < -0.39 is 10.0 Å². The Bertz CT molecular complexity index is 933. The zero-order valence-corrected chi connectivity index (χ0v) is 13.5. The molecule has 0 unspecified atom stereocenters. The summed E-state index contributed by atoms with van der Waals surface area (Å²) in [6.45, 7) is 0. The Morgan fingerprint density at radius 3 is 2.36 bits per heavy atom. The Kier molecular flexibility index (Phi) is 3.95. The van der Waals surface area contributed by atoms with E-state index in [4.69, 9.17) is 23.2 Å². The largest absolute Gasteiger partial charge is 0.263 e. The van der Waals surface area contributed by atoms with Gasteiger partial charge in [0.05, 0.1) is 4.90 Å². The van der Waals surface area contributed by atoms with Gasteiger partial charge in [-0.1, -0.05) is 47.5 Å². The molecule has 3 aromatic rings. The first-order chi connectivity index (χ1) is 10.5. The Morgan fingerprint density at radius 2 is 1.64 bits per heavy atom. The van der Waals surface area contributed by atoms with Gasteiger partial charge in [-0.05, 0) is 29.7 Å². The molecule has 0 amide bonds. The molecule has 0 spiro atoms. The van der Waals surface area contributed by atoms with Crippen LogP contribution in [0.2, 0.25) is 10.0 Å². The molecular weight excluding hydrogens is 343 g/mol. The summed E-state index contributed by atoms with van der Waals surface area (Å²) in [5, 5.41) is 2.10. The first-order valence-corrected chi connectivity index (χ1v) is 8.52. The zero-order chi connectivity index (χ0) is 15.7. The summed E-state index contributed by atoms with van der Waals surface area (Å²) < 4.78 is 27.4. The van der Waals surface area contributed by atoms with E-state index in [2.05, 4.69) is 9.71 Å². The van der Waals surface area contributed by atoms with Gasteiger partial charge in [0.1, 0.15) is 5.82 Å². The lowest BCUT2D eigenvalue weighted by Crippen LogP contribution is -2.14. The van der Waals surface area contributed by atoms with Gasteiger partial charge >= 0.3 is 0 Å². The van der Waals surface area contributed by atoms with Gasteiger partial charge in [-0.15, -0.1) is 0 Å². The number of sulfonamides is 1. The van der Waals surface area contributed by atoms with E-state index in [-0.39, 0.29) is 20.8 Å². The van der Waals surface area contributed by atoms with Crippen LogP contribution in [0.25, 0.3) is 10.8 Å². The minimum Gasteiger partial charge on any atom is -0.263 e. The van der Waals surface area contributed by atoms with E-state index in [1.54, 1.807) is 12.3 Å². The van der Waals surface area contributed by atoms with Crippen LogP contribution in [-0.4, -0.2) is 13.4 Å². The molecule has 0 aliphatic heterocycles. The van der Waals surface area contributed by atoms with Gasteiger partial charge in [0.25, 0.3) is 10.0 Å². The number of pyridine rings is 1. The maximum atomic E-state index is 12.5. The van der Waals surface area contributed by atoms with Gasteiger partial charge in [-0.3, -0.25) is 4.72 Å². The molecule has 1 aromatic heterocycles. The fourth-order valence-electron chi connectivity index (χ4n) is 2.07. The van der Waals surface area contributed by atoms with Crippen molar-refractivity contribution in [1.82, 2.24) is 4.98 Å². The Balaban J connectivity index is 2.07. The molecular formula is C15H10Cl2N2O2S. The van der Waals surface area contributed by atoms with Gasteiger partial charge < -0.3 is 0 Å². The van der Waals surface area contributed by atoms with Crippen molar-refractivity contribution >= 4 is 49.8 Å². The Morgan fingerprint density at radius 1 is 0.955 bits per heavy atom. The van der Waals surface area contributed by atoms with Crippen LogP contribution in [-0.2, 0) is 10.0 Å². The maximum Gasteiger partial charge on any atom is 0.263 e. The standard InChI is InChI=1S/C15H10Cl2N2O2S/c16-11-7-12(17)9-13(8-11)22(20,21)19-15-14-4-2-1-3-10(14)5-6-18-15/h1-9H,(H,18,19). The first kappa shape index (κ1) is 15.1. The van der Waals surface area contributed by atoms with E-state index in [0.29, 0.717) is 5.39 Å². The quantitative estimate of drug-likeness (QED) is 0.762. The number of rotatable bonds is 3. The molecule has 0 aliphatic carbocycles. The van der Waals surface area contributed by atoms with E-state index in [1.165, 1.54) is 18.2 Å². The van der Waals surface area contributed by atoms with Gasteiger partial charge in [0.15, 0.2) is 0 Å². The van der Waals surface area contributed by atoms with Crippen LogP contribution in [0.1, 0.15) is 0 Å². The van der Waals surface area contributed by atoms with Crippen molar-refractivity contribution in [2.45, 2.75) is 4.90 Å². The topological polar surface area (TPSA) is 59.1 Å². The van der Waals surface area contributed by atoms with Crippen LogP contribution in [0.15, 0.2) is 59.6 Å². The first-order valence-electron chi connectivity index (χ1n) is 6.28. The van der Waals surface area contributed by atoms with E-state index >= 15 is 0 Å². The summed E-state index contributed by atoms with van der Waals surface area (Å²) in [5.74, 6) is 0.259. The predicted octanol–water partition coefficient (Wildman–Crippen LogP) is 4.34. The molecule has 0 bridgehead atoms.